The van der Waals surface area contributed by atoms with E-state index in [1.54, 1.807) is 6.20 Å². The third-order valence-corrected chi connectivity index (χ3v) is 4.45. The van der Waals surface area contributed by atoms with E-state index in [9.17, 15) is 4.79 Å². The van der Waals surface area contributed by atoms with Gasteiger partial charge in [0.1, 0.15) is 0 Å². The average molecular weight is 358 g/mol. The minimum atomic E-state index is -0.135. The van der Waals surface area contributed by atoms with Crippen molar-refractivity contribution in [1.82, 2.24) is 25.3 Å². The molecule has 0 fully saturated rings. The zero-order chi connectivity index (χ0) is 18.8. The van der Waals surface area contributed by atoms with E-state index in [1.165, 1.54) is 5.56 Å². The maximum atomic E-state index is 12.0. The van der Waals surface area contributed by atoms with Gasteiger partial charge in [-0.1, -0.05) is 45.0 Å². The lowest BCUT2D eigenvalue weighted by Crippen LogP contribution is -2.38. The topological polar surface area (TPSA) is 62.2 Å². The van der Waals surface area contributed by atoms with Crippen molar-refractivity contribution in [3.8, 4) is 0 Å². The molecule has 2 rings (SSSR count). The Kier molecular flexibility index (Phi) is 8.15. The van der Waals surface area contributed by atoms with Gasteiger partial charge in [-0.2, -0.15) is 5.10 Å². The molecule has 26 heavy (non-hydrogen) atoms. The zero-order valence-corrected chi connectivity index (χ0v) is 16.1. The zero-order valence-electron chi connectivity index (χ0n) is 16.1. The van der Waals surface area contributed by atoms with Crippen LogP contribution in [0.25, 0.3) is 0 Å². The number of urea groups is 1. The van der Waals surface area contributed by atoms with Crippen LogP contribution in [0.2, 0.25) is 0 Å². The number of benzene rings is 1. The number of hydrogen-bond acceptors (Lipinski definition) is 3. The Balaban J connectivity index is 1.68. The summed E-state index contributed by atoms with van der Waals surface area (Å²) in [4.78, 5) is 14.3. The van der Waals surface area contributed by atoms with Gasteiger partial charge in [-0.15, -0.1) is 0 Å². The first-order valence-electron chi connectivity index (χ1n) is 9.40. The van der Waals surface area contributed by atoms with Gasteiger partial charge >= 0.3 is 6.03 Å². The van der Waals surface area contributed by atoms with Crippen molar-refractivity contribution in [2.45, 2.75) is 40.4 Å². The minimum absolute atomic E-state index is 0.135. The van der Waals surface area contributed by atoms with E-state index in [-0.39, 0.29) is 6.03 Å². The normalized spacial score (nSPS) is 12.2. The first kappa shape index (κ1) is 20.0. The predicted molar refractivity (Wildman–Crippen MR) is 105 cm³/mol. The number of rotatable bonds is 10. The highest BCUT2D eigenvalue weighted by Crippen LogP contribution is 2.07. The van der Waals surface area contributed by atoms with Crippen molar-refractivity contribution in [3.63, 3.8) is 0 Å². The van der Waals surface area contributed by atoms with Gasteiger partial charge in [-0.25, -0.2) is 4.79 Å². The molecule has 142 valence electrons. The Morgan fingerprint density at radius 1 is 1.15 bits per heavy atom. The summed E-state index contributed by atoms with van der Waals surface area (Å²) in [5.74, 6) is 0.319. The van der Waals surface area contributed by atoms with Crippen LogP contribution in [0.5, 0.6) is 0 Å². The molecule has 6 heteroatoms. The first-order chi connectivity index (χ1) is 12.6. The molecule has 2 aromatic rings. The predicted octanol–water partition coefficient (Wildman–Crippen LogP) is 2.86. The lowest BCUT2D eigenvalue weighted by molar-refractivity contribution is 0.238. The van der Waals surface area contributed by atoms with Gasteiger partial charge in [0.15, 0.2) is 0 Å². The number of amides is 2. The Labute approximate surface area is 156 Å². The molecule has 0 saturated carbocycles. The molecule has 0 bridgehead atoms. The van der Waals surface area contributed by atoms with Crippen LogP contribution < -0.4 is 10.6 Å². The molecule has 2 N–H and O–H groups in total. The molecule has 0 aliphatic carbocycles. The fourth-order valence-corrected chi connectivity index (χ4v) is 2.77. The summed E-state index contributed by atoms with van der Waals surface area (Å²) in [6, 6.07) is 10.2. The lowest BCUT2D eigenvalue weighted by Gasteiger charge is -2.18. The summed E-state index contributed by atoms with van der Waals surface area (Å²) in [5, 5.41) is 10.0. The minimum Gasteiger partial charge on any atom is -0.338 e. The molecular weight excluding hydrogens is 326 g/mol. The summed E-state index contributed by atoms with van der Waals surface area (Å²) in [6.07, 6.45) is 3.70. The maximum Gasteiger partial charge on any atom is 0.315 e. The molecule has 1 unspecified atom stereocenters. The quantitative estimate of drug-likeness (QED) is 0.687. The smallest absolute Gasteiger partial charge is 0.315 e. The number of aromatic nitrogens is 2. The first-order valence-corrected chi connectivity index (χ1v) is 9.40. The number of nitrogens with zero attached hydrogens (tertiary/aromatic N) is 3. The third-order valence-electron chi connectivity index (χ3n) is 4.45. The largest absolute Gasteiger partial charge is 0.338 e. The molecule has 1 aromatic carbocycles. The van der Waals surface area contributed by atoms with Crippen molar-refractivity contribution >= 4 is 6.03 Å². The monoisotopic (exact) mass is 357 g/mol. The van der Waals surface area contributed by atoms with Crippen LogP contribution in [-0.4, -0.2) is 40.3 Å². The van der Waals surface area contributed by atoms with Crippen molar-refractivity contribution in [3.05, 3.63) is 53.9 Å². The van der Waals surface area contributed by atoms with Gasteiger partial charge in [0.25, 0.3) is 0 Å². The van der Waals surface area contributed by atoms with Crippen molar-refractivity contribution in [2.75, 3.05) is 19.6 Å². The van der Waals surface area contributed by atoms with Gasteiger partial charge < -0.3 is 10.6 Å². The van der Waals surface area contributed by atoms with E-state index in [0.29, 0.717) is 19.0 Å². The molecule has 6 nitrogen and oxygen atoms in total. The van der Waals surface area contributed by atoms with E-state index in [2.05, 4.69) is 65.7 Å². The van der Waals surface area contributed by atoms with Crippen LogP contribution in [-0.2, 0) is 19.6 Å². The highest BCUT2D eigenvalue weighted by atomic mass is 16.2. The third kappa shape index (κ3) is 6.88. The molecule has 1 atom stereocenters. The Hall–Kier alpha value is -2.34. The van der Waals surface area contributed by atoms with Crippen LogP contribution in [0.15, 0.2) is 42.7 Å². The van der Waals surface area contributed by atoms with E-state index in [4.69, 9.17) is 0 Å². The SMILES string of the molecule is CCN(CC)Cc1ccc(CNC(=O)NCC(C)Cn2cccn2)cc1. The maximum absolute atomic E-state index is 12.0. The molecule has 0 aliphatic heterocycles. The Morgan fingerprint density at radius 3 is 2.46 bits per heavy atom. The number of carbonyl (C=O) groups excluding carboxylic acids is 1. The summed E-state index contributed by atoms with van der Waals surface area (Å²) in [7, 11) is 0. The summed E-state index contributed by atoms with van der Waals surface area (Å²) in [6.45, 7) is 11.5. The molecule has 0 aliphatic rings. The number of carbonyl (C=O) groups is 1. The van der Waals surface area contributed by atoms with E-state index in [0.717, 1.165) is 31.7 Å². The van der Waals surface area contributed by atoms with Crippen LogP contribution in [0.1, 0.15) is 31.9 Å². The van der Waals surface area contributed by atoms with E-state index >= 15 is 0 Å². The van der Waals surface area contributed by atoms with Crippen LogP contribution >= 0.6 is 0 Å². The van der Waals surface area contributed by atoms with E-state index < -0.39 is 0 Å². The second-order valence-corrected chi connectivity index (χ2v) is 6.67. The van der Waals surface area contributed by atoms with Crippen molar-refractivity contribution in [1.29, 1.82) is 0 Å². The highest BCUT2D eigenvalue weighted by molar-refractivity contribution is 5.73. The van der Waals surface area contributed by atoms with Gasteiger partial charge in [0.05, 0.1) is 0 Å². The van der Waals surface area contributed by atoms with E-state index in [1.807, 2.05) is 16.9 Å². The van der Waals surface area contributed by atoms with Gasteiger partial charge in [-0.05, 0) is 36.2 Å². The number of hydrogen-bond donors (Lipinski definition) is 2. The molecule has 0 spiro atoms. The fraction of sp³-hybridized carbons (Fsp3) is 0.500. The standard InChI is InChI=1S/C20H31N5O/c1-4-24(5-2)16-19-9-7-18(8-10-19)14-22-20(26)21-13-17(3)15-25-12-6-11-23-25/h6-12,17H,4-5,13-16H2,1-3H3,(H2,21,22,26). The second kappa shape index (κ2) is 10.6. The second-order valence-electron chi connectivity index (χ2n) is 6.67. The lowest BCUT2D eigenvalue weighted by atomic mass is 10.1. The summed E-state index contributed by atoms with van der Waals surface area (Å²) >= 11 is 0. The molecule has 0 radical (unpaired) electrons. The fourth-order valence-electron chi connectivity index (χ4n) is 2.77. The molecule has 2 amide bonds. The molecule has 1 heterocycles. The van der Waals surface area contributed by atoms with Gasteiger partial charge in [0.2, 0.25) is 0 Å². The Bertz CT molecular complexity index is 635. The highest BCUT2D eigenvalue weighted by Gasteiger charge is 2.07. The molecule has 1 aromatic heterocycles. The van der Waals surface area contributed by atoms with Crippen LogP contribution in [0.3, 0.4) is 0 Å². The molecular formula is C20H31N5O. The van der Waals surface area contributed by atoms with Crippen LogP contribution in [0, 0.1) is 5.92 Å². The Morgan fingerprint density at radius 2 is 1.85 bits per heavy atom. The van der Waals surface area contributed by atoms with Gasteiger partial charge in [-0.3, -0.25) is 9.58 Å². The summed E-state index contributed by atoms with van der Waals surface area (Å²) < 4.78 is 1.88. The van der Waals surface area contributed by atoms with Crippen molar-refractivity contribution in [2.24, 2.45) is 5.92 Å². The average Bonchev–Trinajstić information content (AvgIpc) is 3.16. The summed E-state index contributed by atoms with van der Waals surface area (Å²) in [5.41, 5.74) is 2.40. The van der Waals surface area contributed by atoms with Gasteiger partial charge in [0, 0.05) is 38.6 Å². The van der Waals surface area contributed by atoms with Crippen molar-refractivity contribution < 1.29 is 4.79 Å². The van der Waals surface area contributed by atoms with Crippen LogP contribution in [0.4, 0.5) is 4.79 Å². The number of nitrogens with one attached hydrogen (secondary N) is 2. The molecule has 0 saturated heterocycles.